The molecule has 2 aromatic rings. The minimum absolute atomic E-state index is 0.188. The fourth-order valence-corrected chi connectivity index (χ4v) is 2.35. The number of carbonyl (C=O) groups excluding carboxylic acids is 2. The Morgan fingerprint density at radius 2 is 1.83 bits per heavy atom. The topological polar surface area (TPSA) is 68.3 Å². The summed E-state index contributed by atoms with van der Waals surface area (Å²) in [5.41, 5.74) is 1.37. The molecule has 5 nitrogen and oxygen atoms in total. The van der Waals surface area contributed by atoms with E-state index in [-0.39, 0.29) is 17.5 Å². The summed E-state index contributed by atoms with van der Waals surface area (Å²) < 4.78 is 5.16. The molecule has 0 bridgehead atoms. The average molecular weight is 326 g/mol. The molecule has 0 spiro atoms. The van der Waals surface area contributed by atoms with Crippen LogP contribution in [-0.2, 0) is 9.53 Å². The van der Waals surface area contributed by atoms with E-state index in [0.717, 1.165) is 6.42 Å². The van der Waals surface area contributed by atoms with Crippen LogP contribution in [0.2, 0.25) is 0 Å². The van der Waals surface area contributed by atoms with Crippen molar-refractivity contribution in [2.45, 2.75) is 32.3 Å². The largest absolute Gasteiger partial charge is 0.448 e. The van der Waals surface area contributed by atoms with Gasteiger partial charge < -0.3 is 10.1 Å². The Morgan fingerprint density at radius 3 is 2.46 bits per heavy atom. The van der Waals surface area contributed by atoms with Crippen molar-refractivity contribution in [1.29, 1.82) is 0 Å². The third kappa shape index (κ3) is 4.91. The van der Waals surface area contributed by atoms with Crippen LogP contribution in [0.5, 0.6) is 0 Å². The Hall–Kier alpha value is -2.69. The van der Waals surface area contributed by atoms with Gasteiger partial charge in [-0.05, 0) is 31.0 Å². The van der Waals surface area contributed by atoms with Crippen LogP contribution in [0.25, 0.3) is 0 Å². The van der Waals surface area contributed by atoms with Crippen LogP contribution in [0, 0.1) is 0 Å². The molecule has 24 heavy (non-hydrogen) atoms. The van der Waals surface area contributed by atoms with E-state index in [0.29, 0.717) is 6.54 Å². The number of ether oxygens (including phenoxy) is 1. The molecule has 0 fully saturated rings. The van der Waals surface area contributed by atoms with Crippen molar-refractivity contribution >= 4 is 11.9 Å². The number of hydrogen-bond acceptors (Lipinski definition) is 4. The van der Waals surface area contributed by atoms with Gasteiger partial charge >= 0.3 is 5.97 Å². The second kappa shape index (κ2) is 8.82. The number of rotatable bonds is 7. The average Bonchev–Trinajstić information content (AvgIpc) is 2.63. The molecular weight excluding hydrogens is 304 g/mol. The number of nitrogens with one attached hydrogen (secondary N) is 1. The number of aromatic nitrogens is 1. The molecule has 2 rings (SSSR count). The smallest absolute Gasteiger partial charge is 0.357 e. The van der Waals surface area contributed by atoms with Crippen molar-refractivity contribution in [3.8, 4) is 0 Å². The zero-order valence-electron chi connectivity index (χ0n) is 13.9. The lowest BCUT2D eigenvalue weighted by Gasteiger charge is -2.18. The van der Waals surface area contributed by atoms with Gasteiger partial charge in [0.25, 0.3) is 5.91 Å². The first-order valence-electron chi connectivity index (χ1n) is 8.06. The summed E-state index contributed by atoms with van der Waals surface area (Å²) >= 11 is 0. The minimum atomic E-state index is -0.868. The van der Waals surface area contributed by atoms with E-state index in [4.69, 9.17) is 4.74 Å². The standard InChI is InChI=1S/C19H22N2O3/c1-3-15(16-9-5-4-6-10-16)13-21-18(22)14(2)24-19(23)17-11-7-8-12-20-17/h4-12,14-15H,3,13H2,1-2H3,(H,21,22)/t14-,15-/m0/s1. The highest BCUT2D eigenvalue weighted by atomic mass is 16.5. The maximum Gasteiger partial charge on any atom is 0.357 e. The van der Waals surface area contributed by atoms with Crippen molar-refractivity contribution in [3.63, 3.8) is 0 Å². The van der Waals surface area contributed by atoms with Gasteiger partial charge in [0.05, 0.1) is 0 Å². The van der Waals surface area contributed by atoms with Crippen LogP contribution >= 0.6 is 0 Å². The summed E-state index contributed by atoms with van der Waals surface area (Å²) in [7, 11) is 0. The number of nitrogens with zero attached hydrogens (tertiary/aromatic N) is 1. The number of carbonyl (C=O) groups is 2. The number of benzene rings is 1. The highest BCUT2D eigenvalue weighted by Gasteiger charge is 2.20. The quantitative estimate of drug-likeness (QED) is 0.794. The van der Waals surface area contributed by atoms with Crippen LogP contribution < -0.4 is 5.32 Å². The van der Waals surface area contributed by atoms with Crippen LogP contribution in [0.15, 0.2) is 54.7 Å². The van der Waals surface area contributed by atoms with E-state index >= 15 is 0 Å². The molecule has 1 aromatic carbocycles. The molecule has 0 saturated carbocycles. The molecule has 0 saturated heterocycles. The van der Waals surface area contributed by atoms with Gasteiger partial charge in [-0.3, -0.25) is 4.79 Å². The van der Waals surface area contributed by atoms with Gasteiger partial charge in [-0.1, -0.05) is 43.3 Å². The van der Waals surface area contributed by atoms with Gasteiger partial charge in [-0.2, -0.15) is 0 Å². The lowest BCUT2D eigenvalue weighted by molar-refractivity contribution is -0.129. The lowest BCUT2D eigenvalue weighted by atomic mass is 9.96. The fraction of sp³-hybridized carbons (Fsp3) is 0.316. The molecule has 0 unspecified atom stereocenters. The van der Waals surface area contributed by atoms with Crippen molar-refractivity contribution < 1.29 is 14.3 Å². The Bertz CT molecular complexity index is 659. The molecule has 0 aliphatic carbocycles. The van der Waals surface area contributed by atoms with Gasteiger partial charge in [0.1, 0.15) is 5.69 Å². The Balaban J connectivity index is 1.86. The molecule has 0 aliphatic heterocycles. The molecular formula is C19H22N2O3. The Morgan fingerprint density at radius 1 is 1.12 bits per heavy atom. The van der Waals surface area contributed by atoms with E-state index < -0.39 is 12.1 Å². The molecule has 5 heteroatoms. The molecule has 1 N–H and O–H groups in total. The van der Waals surface area contributed by atoms with Gasteiger partial charge in [0.2, 0.25) is 0 Å². The zero-order chi connectivity index (χ0) is 17.4. The predicted octanol–water partition coefficient (Wildman–Crippen LogP) is 2.94. The molecule has 0 radical (unpaired) electrons. The van der Waals surface area contributed by atoms with E-state index in [1.807, 2.05) is 30.3 Å². The van der Waals surface area contributed by atoms with Gasteiger partial charge in [-0.15, -0.1) is 0 Å². The maximum absolute atomic E-state index is 12.2. The summed E-state index contributed by atoms with van der Waals surface area (Å²) in [5.74, 6) is -0.684. The first kappa shape index (κ1) is 17.7. The number of hydrogen-bond donors (Lipinski definition) is 1. The summed E-state index contributed by atoms with van der Waals surface area (Å²) in [6.45, 7) is 4.14. The van der Waals surface area contributed by atoms with E-state index in [1.165, 1.54) is 11.8 Å². The highest BCUT2D eigenvalue weighted by Crippen LogP contribution is 2.18. The van der Waals surface area contributed by atoms with Gasteiger partial charge in [0, 0.05) is 18.7 Å². The first-order valence-corrected chi connectivity index (χ1v) is 8.06. The second-order valence-electron chi connectivity index (χ2n) is 5.52. The third-order valence-electron chi connectivity index (χ3n) is 3.81. The molecule has 0 aliphatic rings. The van der Waals surface area contributed by atoms with Crippen molar-refractivity contribution in [3.05, 3.63) is 66.0 Å². The summed E-state index contributed by atoms with van der Waals surface area (Å²) in [5, 5.41) is 2.85. The normalized spacial score (nSPS) is 12.9. The number of esters is 1. The van der Waals surface area contributed by atoms with Crippen LogP contribution in [0.4, 0.5) is 0 Å². The third-order valence-corrected chi connectivity index (χ3v) is 3.81. The summed E-state index contributed by atoms with van der Waals surface area (Å²) in [6, 6.07) is 15.0. The maximum atomic E-state index is 12.2. The molecule has 126 valence electrons. The summed E-state index contributed by atoms with van der Waals surface area (Å²) in [6.07, 6.45) is 1.55. The minimum Gasteiger partial charge on any atom is -0.448 e. The predicted molar refractivity (Wildman–Crippen MR) is 91.6 cm³/mol. The lowest BCUT2D eigenvalue weighted by Crippen LogP contribution is -2.38. The zero-order valence-corrected chi connectivity index (χ0v) is 13.9. The van der Waals surface area contributed by atoms with Gasteiger partial charge in [0.15, 0.2) is 6.10 Å². The SMILES string of the molecule is CC[C@@H](CNC(=O)[C@H](C)OC(=O)c1ccccn1)c1ccccc1. The molecule has 2 atom stereocenters. The highest BCUT2D eigenvalue weighted by molar-refractivity contribution is 5.90. The van der Waals surface area contributed by atoms with Crippen LogP contribution in [0.1, 0.15) is 42.2 Å². The van der Waals surface area contributed by atoms with Crippen molar-refractivity contribution in [2.24, 2.45) is 0 Å². The van der Waals surface area contributed by atoms with Crippen LogP contribution in [-0.4, -0.2) is 29.5 Å². The monoisotopic (exact) mass is 326 g/mol. The van der Waals surface area contributed by atoms with Crippen molar-refractivity contribution in [1.82, 2.24) is 10.3 Å². The second-order valence-corrected chi connectivity index (χ2v) is 5.52. The molecule has 1 amide bonds. The number of pyridine rings is 1. The van der Waals surface area contributed by atoms with Crippen LogP contribution in [0.3, 0.4) is 0 Å². The van der Waals surface area contributed by atoms with E-state index in [2.05, 4.69) is 17.2 Å². The molecule has 1 heterocycles. The number of amides is 1. The van der Waals surface area contributed by atoms with Gasteiger partial charge in [-0.25, -0.2) is 9.78 Å². The Labute approximate surface area is 142 Å². The molecule has 1 aromatic heterocycles. The first-order chi connectivity index (χ1) is 11.6. The Kier molecular flexibility index (Phi) is 6.49. The van der Waals surface area contributed by atoms with Crippen molar-refractivity contribution in [2.75, 3.05) is 6.54 Å². The van der Waals surface area contributed by atoms with E-state index in [9.17, 15) is 9.59 Å². The fourth-order valence-electron chi connectivity index (χ4n) is 2.35. The summed E-state index contributed by atoms with van der Waals surface area (Å²) in [4.78, 5) is 28.0. The van der Waals surface area contributed by atoms with E-state index in [1.54, 1.807) is 25.1 Å².